The van der Waals surface area contributed by atoms with Gasteiger partial charge in [0.15, 0.2) is 11.5 Å². The molecule has 0 saturated carbocycles. The van der Waals surface area contributed by atoms with Gasteiger partial charge in [-0.3, -0.25) is 19.6 Å². The molecule has 0 radical (unpaired) electrons. The molecule has 2 bridgehead atoms. The first-order chi connectivity index (χ1) is 18.6. The molecule has 2 aromatic rings. The molecule has 212 valence electrons. The highest BCUT2D eigenvalue weighted by Crippen LogP contribution is 2.40. The molecule has 9 nitrogen and oxygen atoms in total. The van der Waals surface area contributed by atoms with Crippen LogP contribution in [0.1, 0.15) is 55.9 Å². The standard InChI is InChI=1S/C26H32F4N6O3/c1-3-35-13-15(4-7-22(35)26(28,29)30)32-24(37)14-8-16-5-6-17(9-14)36(16)25(38)21-11-20(33-34-21)18-10-23(39-2)31-12-19(18)27/h10-12,14-17,22H,3-9,13H2,1-2H3,(H,32,37)(H,33,34)/t14?,15-,16-,17+,22-/m0/s1. The fourth-order valence-electron chi connectivity index (χ4n) is 6.36. The van der Waals surface area contributed by atoms with Crippen LogP contribution in [0.25, 0.3) is 11.3 Å². The molecule has 5 heterocycles. The smallest absolute Gasteiger partial charge is 0.404 e. The zero-order valence-corrected chi connectivity index (χ0v) is 21.8. The average Bonchev–Trinajstić information content (AvgIpc) is 3.50. The van der Waals surface area contributed by atoms with Crippen molar-refractivity contribution in [3.8, 4) is 17.1 Å². The fraction of sp³-hybridized carbons (Fsp3) is 0.615. The summed E-state index contributed by atoms with van der Waals surface area (Å²) in [6, 6.07) is 0.828. The van der Waals surface area contributed by atoms with Crippen LogP contribution in [0.4, 0.5) is 17.6 Å². The van der Waals surface area contributed by atoms with Crippen LogP contribution in [-0.4, -0.2) is 87.3 Å². The lowest BCUT2D eigenvalue weighted by Crippen LogP contribution is -2.57. The van der Waals surface area contributed by atoms with Gasteiger partial charge < -0.3 is 15.0 Å². The maximum absolute atomic E-state index is 14.3. The number of hydrogen-bond donors (Lipinski definition) is 2. The van der Waals surface area contributed by atoms with Gasteiger partial charge in [-0.05, 0) is 51.1 Å². The number of alkyl halides is 3. The monoisotopic (exact) mass is 552 g/mol. The maximum Gasteiger partial charge on any atom is 0.404 e. The molecule has 2 N–H and O–H groups in total. The topological polar surface area (TPSA) is 103 Å². The Kier molecular flexibility index (Phi) is 7.53. The van der Waals surface area contributed by atoms with Crippen molar-refractivity contribution in [2.45, 2.75) is 75.8 Å². The largest absolute Gasteiger partial charge is 0.481 e. The van der Waals surface area contributed by atoms with Crippen LogP contribution in [0, 0.1) is 11.7 Å². The van der Waals surface area contributed by atoms with Crippen LogP contribution < -0.4 is 10.1 Å². The lowest BCUT2D eigenvalue weighted by molar-refractivity contribution is -0.192. The summed E-state index contributed by atoms with van der Waals surface area (Å²) in [5, 5.41) is 9.83. The maximum atomic E-state index is 14.3. The SMILES string of the molecule is CCN1C[C@@H](NC(=O)C2C[C@H]3CC[C@@H](C2)N3C(=O)c2cc(-c3cc(OC)ncc3F)[nH]n2)CC[C@H]1C(F)(F)F. The van der Waals surface area contributed by atoms with E-state index in [4.69, 9.17) is 4.74 Å². The minimum absolute atomic E-state index is 0.0394. The third-order valence-corrected chi connectivity index (χ3v) is 8.28. The number of hydrogen-bond acceptors (Lipinski definition) is 6. The number of methoxy groups -OCH3 is 1. The second-order valence-electron chi connectivity index (χ2n) is 10.6. The zero-order valence-electron chi connectivity index (χ0n) is 21.8. The first-order valence-corrected chi connectivity index (χ1v) is 13.3. The van der Waals surface area contributed by atoms with Crippen molar-refractivity contribution in [2.24, 2.45) is 5.92 Å². The third kappa shape index (κ3) is 5.45. The molecule has 5 atom stereocenters. The van der Waals surface area contributed by atoms with Gasteiger partial charge >= 0.3 is 6.18 Å². The molecule has 3 saturated heterocycles. The lowest BCUT2D eigenvalue weighted by atomic mass is 9.88. The summed E-state index contributed by atoms with van der Waals surface area (Å²) >= 11 is 0. The van der Waals surface area contributed by atoms with E-state index in [2.05, 4.69) is 20.5 Å². The second kappa shape index (κ2) is 10.7. The Morgan fingerprint density at radius 1 is 1.15 bits per heavy atom. The molecule has 0 aliphatic carbocycles. The molecule has 3 fully saturated rings. The average molecular weight is 553 g/mol. The Morgan fingerprint density at radius 2 is 1.87 bits per heavy atom. The number of ether oxygens (including phenoxy) is 1. The molecule has 39 heavy (non-hydrogen) atoms. The normalized spacial score (nSPS) is 27.4. The van der Waals surface area contributed by atoms with E-state index in [1.165, 1.54) is 24.1 Å². The van der Waals surface area contributed by atoms with Crippen molar-refractivity contribution in [3.63, 3.8) is 0 Å². The summed E-state index contributed by atoms with van der Waals surface area (Å²) in [5.74, 6) is -1.11. The number of halogens is 4. The number of H-pyrrole nitrogens is 1. The first kappa shape index (κ1) is 27.4. The number of fused-ring (bicyclic) bond motifs is 2. The highest BCUT2D eigenvalue weighted by molar-refractivity contribution is 5.94. The molecule has 3 aliphatic heterocycles. The molecule has 0 spiro atoms. The number of aromatic amines is 1. The van der Waals surface area contributed by atoms with Gasteiger partial charge in [0.1, 0.15) is 6.04 Å². The van der Waals surface area contributed by atoms with Crippen LogP contribution >= 0.6 is 0 Å². The van der Waals surface area contributed by atoms with Crippen molar-refractivity contribution < 1.29 is 31.9 Å². The van der Waals surface area contributed by atoms with Crippen molar-refractivity contribution in [2.75, 3.05) is 20.2 Å². The van der Waals surface area contributed by atoms with Gasteiger partial charge in [0, 0.05) is 42.2 Å². The van der Waals surface area contributed by atoms with Crippen LogP contribution in [-0.2, 0) is 4.79 Å². The number of nitrogens with one attached hydrogen (secondary N) is 2. The Morgan fingerprint density at radius 3 is 2.51 bits per heavy atom. The molecule has 13 heteroatoms. The Hall–Kier alpha value is -3.22. The summed E-state index contributed by atoms with van der Waals surface area (Å²) in [6.07, 6.45) is -0.521. The van der Waals surface area contributed by atoms with Crippen LogP contribution in [0.15, 0.2) is 18.3 Å². The van der Waals surface area contributed by atoms with Gasteiger partial charge in [0.25, 0.3) is 5.91 Å². The number of likely N-dealkylation sites (tertiary alicyclic amines) is 1. The van der Waals surface area contributed by atoms with E-state index in [0.717, 1.165) is 19.0 Å². The van der Waals surface area contributed by atoms with Gasteiger partial charge in [0.05, 0.1) is 19.0 Å². The number of carbonyl (C=O) groups excluding carboxylic acids is 2. The van der Waals surface area contributed by atoms with Gasteiger partial charge in [-0.2, -0.15) is 18.3 Å². The first-order valence-electron chi connectivity index (χ1n) is 13.3. The Balaban J connectivity index is 1.21. The Bertz CT molecular complexity index is 1210. The molecule has 3 aliphatic rings. The number of aromatic nitrogens is 3. The molecular weight excluding hydrogens is 520 g/mol. The van der Waals surface area contributed by atoms with Crippen molar-refractivity contribution in [3.05, 3.63) is 29.8 Å². The fourth-order valence-corrected chi connectivity index (χ4v) is 6.36. The molecule has 5 rings (SSSR count). The molecule has 0 aromatic carbocycles. The van der Waals surface area contributed by atoms with E-state index in [0.29, 0.717) is 18.5 Å². The van der Waals surface area contributed by atoms with Gasteiger partial charge in [0.2, 0.25) is 11.8 Å². The summed E-state index contributed by atoms with van der Waals surface area (Å²) in [4.78, 5) is 33.5. The Labute approximate surface area is 223 Å². The zero-order chi connectivity index (χ0) is 27.9. The summed E-state index contributed by atoms with van der Waals surface area (Å²) in [5.41, 5.74) is 0.651. The number of pyridine rings is 1. The summed E-state index contributed by atoms with van der Waals surface area (Å²) < 4.78 is 59.4. The van der Waals surface area contributed by atoms with E-state index in [1.54, 1.807) is 11.8 Å². The highest BCUT2D eigenvalue weighted by Gasteiger charge is 2.48. The van der Waals surface area contributed by atoms with E-state index < -0.39 is 18.0 Å². The minimum atomic E-state index is -4.28. The van der Waals surface area contributed by atoms with Crippen molar-refractivity contribution in [1.82, 2.24) is 30.3 Å². The quantitative estimate of drug-likeness (QED) is 0.532. The third-order valence-electron chi connectivity index (χ3n) is 8.28. The minimum Gasteiger partial charge on any atom is -0.481 e. The van der Waals surface area contributed by atoms with E-state index in [-0.39, 0.29) is 78.9 Å². The lowest BCUT2D eigenvalue weighted by Gasteiger charge is -2.41. The number of carbonyl (C=O) groups is 2. The number of likely N-dealkylation sites (N-methyl/N-ethyl adjacent to an activating group) is 1. The predicted octanol–water partition coefficient (Wildman–Crippen LogP) is 3.53. The van der Waals surface area contributed by atoms with Crippen molar-refractivity contribution >= 4 is 11.8 Å². The number of piperidine rings is 2. The van der Waals surface area contributed by atoms with Gasteiger partial charge in [-0.1, -0.05) is 6.92 Å². The number of nitrogens with zero attached hydrogens (tertiary/aromatic N) is 4. The molecule has 1 unspecified atom stereocenters. The van der Waals surface area contributed by atoms with Crippen LogP contribution in [0.3, 0.4) is 0 Å². The highest BCUT2D eigenvalue weighted by atomic mass is 19.4. The predicted molar refractivity (Wildman–Crippen MR) is 132 cm³/mol. The molecule has 2 aromatic heterocycles. The number of amides is 2. The van der Waals surface area contributed by atoms with Gasteiger partial charge in [-0.25, -0.2) is 9.37 Å². The molecular formula is C26H32F4N6O3. The summed E-state index contributed by atoms with van der Waals surface area (Å²) in [6.45, 7) is 2.12. The summed E-state index contributed by atoms with van der Waals surface area (Å²) in [7, 11) is 1.42. The molecule has 2 amide bonds. The second-order valence-corrected chi connectivity index (χ2v) is 10.6. The van der Waals surface area contributed by atoms with Crippen LogP contribution in [0.5, 0.6) is 5.88 Å². The number of rotatable bonds is 6. The van der Waals surface area contributed by atoms with Crippen LogP contribution in [0.2, 0.25) is 0 Å². The van der Waals surface area contributed by atoms with E-state index in [9.17, 15) is 27.2 Å². The van der Waals surface area contributed by atoms with E-state index >= 15 is 0 Å². The van der Waals surface area contributed by atoms with Crippen molar-refractivity contribution in [1.29, 1.82) is 0 Å². The van der Waals surface area contributed by atoms with E-state index in [1.807, 2.05) is 0 Å². The van der Waals surface area contributed by atoms with Gasteiger partial charge in [-0.15, -0.1) is 0 Å².